The maximum absolute atomic E-state index is 13.5. The Morgan fingerprint density at radius 3 is 2.62 bits per heavy atom. The second kappa shape index (κ2) is 7.08. The van der Waals surface area contributed by atoms with E-state index in [1.54, 1.807) is 12.1 Å². The van der Waals surface area contributed by atoms with Crippen LogP contribution in [-0.4, -0.2) is 23.4 Å². The smallest absolute Gasteiger partial charge is 0.335 e. The second-order valence-corrected chi connectivity index (χ2v) is 5.21. The highest BCUT2D eigenvalue weighted by atomic mass is 32.2. The summed E-state index contributed by atoms with van der Waals surface area (Å²) < 4.78 is 32.1. The molecule has 0 saturated carbocycles. The van der Waals surface area contributed by atoms with Crippen LogP contribution in [0.3, 0.4) is 0 Å². The predicted octanol–water partition coefficient (Wildman–Crippen LogP) is 3.83. The molecule has 110 valence electrons. The molecule has 2 rings (SSSR count). The first-order valence-electron chi connectivity index (χ1n) is 6.11. The lowest BCUT2D eigenvalue weighted by Gasteiger charge is -2.07. The molecule has 0 saturated heterocycles. The van der Waals surface area contributed by atoms with Crippen LogP contribution < -0.4 is 4.74 Å². The van der Waals surface area contributed by atoms with Gasteiger partial charge in [-0.2, -0.15) is 0 Å². The standard InChI is InChI=1S/C15H12F2O3S/c16-11-3-1-2-4-13(11)20-7-8-21-14-9-10(15(18)19)5-6-12(14)17/h1-6,9H,7-8H2,(H,18,19). The average Bonchev–Trinajstić information content (AvgIpc) is 2.46. The van der Waals surface area contributed by atoms with Gasteiger partial charge in [-0.25, -0.2) is 13.6 Å². The summed E-state index contributed by atoms with van der Waals surface area (Å²) in [4.78, 5) is 11.0. The molecular weight excluding hydrogens is 298 g/mol. The van der Waals surface area contributed by atoms with Crippen molar-refractivity contribution in [3.05, 3.63) is 59.7 Å². The molecule has 2 aromatic rings. The van der Waals surface area contributed by atoms with Crippen LogP contribution in [0, 0.1) is 11.6 Å². The van der Waals surface area contributed by atoms with Gasteiger partial charge in [-0.3, -0.25) is 0 Å². The first-order chi connectivity index (χ1) is 10.1. The summed E-state index contributed by atoms with van der Waals surface area (Å²) in [5.41, 5.74) is 0.0222. The fourth-order valence-electron chi connectivity index (χ4n) is 1.61. The molecule has 0 atom stereocenters. The predicted molar refractivity (Wildman–Crippen MR) is 76.0 cm³/mol. The van der Waals surface area contributed by atoms with Crippen molar-refractivity contribution in [1.29, 1.82) is 0 Å². The summed E-state index contributed by atoms with van der Waals surface area (Å²) in [6.07, 6.45) is 0. The molecule has 0 bridgehead atoms. The SMILES string of the molecule is O=C(O)c1ccc(F)c(SCCOc2ccccc2F)c1. The van der Waals surface area contributed by atoms with Gasteiger partial charge < -0.3 is 9.84 Å². The summed E-state index contributed by atoms with van der Waals surface area (Å²) in [5.74, 6) is -1.55. The van der Waals surface area contributed by atoms with Crippen molar-refractivity contribution in [3.8, 4) is 5.75 Å². The molecule has 21 heavy (non-hydrogen) atoms. The summed E-state index contributed by atoms with van der Waals surface area (Å²) >= 11 is 1.12. The minimum Gasteiger partial charge on any atom is -0.490 e. The Bertz CT molecular complexity index is 647. The Morgan fingerprint density at radius 2 is 1.90 bits per heavy atom. The van der Waals surface area contributed by atoms with Gasteiger partial charge in [0, 0.05) is 10.6 Å². The third-order valence-corrected chi connectivity index (χ3v) is 3.61. The zero-order valence-electron chi connectivity index (χ0n) is 10.9. The normalized spacial score (nSPS) is 10.4. The molecule has 1 N–H and O–H groups in total. The number of hydrogen-bond acceptors (Lipinski definition) is 3. The van der Waals surface area contributed by atoms with Gasteiger partial charge in [0.2, 0.25) is 0 Å². The van der Waals surface area contributed by atoms with Crippen molar-refractivity contribution in [2.24, 2.45) is 0 Å². The topological polar surface area (TPSA) is 46.5 Å². The highest BCUT2D eigenvalue weighted by Crippen LogP contribution is 2.23. The Labute approximate surface area is 124 Å². The summed E-state index contributed by atoms with van der Waals surface area (Å²) in [6, 6.07) is 9.60. The van der Waals surface area contributed by atoms with E-state index in [1.165, 1.54) is 24.3 Å². The van der Waals surface area contributed by atoms with Crippen LogP contribution in [-0.2, 0) is 0 Å². The lowest BCUT2D eigenvalue weighted by Crippen LogP contribution is -2.02. The van der Waals surface area contributed by atoms with Crippen molar-refractivity contribution in [1.82, 2.24) is 0 Å². The highest BCUT2D eigenvalue weighted by molar-refractivity contribution is 7.99. The van der Waals surface area contributed by atoms with Crippen molar-refractivity contribution < 1.29 is 23.4 Å². The number of carbonyl (C=O) groups is 1. The number of halogens is 2. The number of thioether (sulfide) groups is 1. The molecule has 0 unspecified atom stereocenters. The molecule has 0 fully saturated rings. The lowest BCUT2D eigenvalue weighted by molar-refractivity contribution is 0.0696. The van der Waals surface area contributed by atoms with Crippen LogP contribution in [0.15, 0.2) is 47.4 Å². The number of hydrogen-bond donors (Lipinski definition) is 1. The van der Waals surface area contributed by atoms with E-state index in [4.69, 9.17) is 9.84 Å². The van der Waals surface area contributed by atoms with Crippen molar-refractivity contribution in [3.63, 3.8) is 0 Å². The van der Waals surface area contributed by atoms with E-state index < -0.39 is 17.6 Å². The molecule has 0 aliphatic rings. The van der Waals surface area contributed by atoms with Gasteiger partial charge in [0.1, 0.15) is 5.82 Å². The van der Waals surface area contributed by atoms with E-state index >= 15 is 0 Å². The molecule has 0 aromatic heterocycles. The number of benzene rings is 2. The zero-order chi connectivity index (χ0) is 15.2. The van der Waals surface area contributed by atoms with Crippen LogP contribution in [0.2, 0.25) is 0 Å². The largest absolute Gasteiger partial charge is 0.490 e. The van der Waals surface area contributed by atoms with Gasteiger partial charge in [0.25, 0.3) is 0 Å². The maximum Gasteiger partial charge on any atom is 0.335 e. The number of ether oxygens (including phenoxy) is 1. The van der Waals surface area contributed by atoms with Crippen LogP contribution in [0.5, 0.6) is 5.75 Å². The van der Waals surface area contributed by atoms with Crippen LogP contribution in [0.1, 0.15) is 10.4 Å². The summed E-state index contributed by atoms with van der Waals surface area (Å²) in [6.45, 7) is 0.183. The highest BCUT2D eigenvalue weighted by Gasteiger charge is 2.09. The van der Waals surface area contributed by atoms with Crippen molar-refractivity contribution in [2.45, 2.75) is 4.90 Å². The summed E-state index contributed by atoms with van der Waals surface area (Å²) in [5, 5.41) is 8.85. The third kappa shape index (κ3) is 4.19. The van der Waals surface area contributed by atoms with E-state index in [9.17, 15) is 13.6 Å². The van der Waals surface area contributed by atoms with Crippen molar-refractivity contribution >= 4 is 17.7 Å². The number of rotatable bonds is 6. The number of aromatic carboxylic acids is 1. The fourth-order valence-corrected chi connectivity index (χ4v) is 2.41. The minimum atomic E-state index is -1.11. The summed E-state index contributed by atoms with van der Waals surface area (Å²) in [7, 11) is 0. The van der Waals surface area contributed by atoms with Gasteiger partial charge in [-0.1, -0.05) is 12.1 Å². The van der Waals surface area contributed by atoms with Crippen molar-refractivity contribution in [2.75, 3.05) is 12.4 Å². The third-order valence-electron chi connectivity index (χ3n) is 2.61. The molecule has 0 spiro atoms. The molecule has 0 aliphatic carbocycles. The Morgan fingerprint density at radius 1 is 1.14 bits per heavy atom. The minimum absolute atomic E-state index is 0.0222. The quantitative estimate of drug-likeness (QED) is 0.650. The van der Waals surface area contributed by atoms with Gasteiger partial charge >= 0.3 is 5.97 Å². The average molecular weight is 310 g/mol. The molecule has 3 nitrogen and oxygen atoms in total. The second-order valence-electron chi connectivity index (χ2n) is 4.08. The zero-order valence-corrected chi connectivity index (χ0v) is 11.7. The Balaban J connectivity index is 1.90. The molecule has 6 heteroatoms. The van der Waals surface area contributed by atoms with E-state index in [2.05, 4.69) is 0 Å². The van der Waals surface area contributed by atoms with E-state index in [1.807, 2.05) is 0 Å². The van der Waals surface area contributed by atoms with Crippen LogP contribution in [0.25, 0.3) is 0 Å². The molecular formula is C15H12F2O3S. The number of carboxylic acids is 1. The van der Waals surface area contributed by atoms with E-state index in [0.29, 0.717) is 5.75 Å². The Kier molecular flexibility index (Phi) is 5.16. The van der Waals surface area contributed by atoms with Gasteiger partial charge in [0.15, 0.2) is 11.6 Å². The molecule has 0 heterocycles. The van der Waals surface area contributed by atoms with Gasteiger partial charge in [-0.15, -0.1) is 11.8 Å². The fraction of sp³-hybridized carbons (Fsp3) is 0.133. The Hall–Kier alpha value is -2.08. The van der Waals surface area contributed by atoms with Crippen LogP contribution >= 0.6 is 11.8 Å². The first kappa shape index (κ1) is 15.3. The molecule has 0 radical (unpaired) electrons. The number of carboxylic acid groups (broad SMARTS) is 1. The molecule has 0 amide bonds. The van der Waals surface area contributed by atoms with Gasteiger partial charge in [-0.05, 0) is 30.3 Å². The van der Waals surface area contributed by atoms with Crippen LogP contribution in [0.4, 0.5) is 8.78 Å². The van der Waals surface area contributed by atoms with E-state index in [0.717, 1.165) is 17.8 Å². The monoisotopic (exact) mass is 310 g/mol. The molecule has 2 aromatic carbocycles. The molecule has 0 aliphatic heterocycles. The van der Waals surface area contributed by atoms with E-state index in [-0.39, 0.29) is 22.8 Å². The lowest BCUT2D eigenvalue weighted by atomic mass is 10.2. The maximum atomic E-state index is 13.5. The van der Waals surface area contributed by atoms with Gasteiger partial charge in [0.05, 0.1) is 12.2 Å². The number of para-hydroxylation sites is 1. The first-order valence-corrected chi connectivity index (χ1v) is 7.09.